The summed E-state index contributed by atoms with van der Waals surface area (Å²) in [5, 5.41) is 6.78. The molecule has 1 aliphatic heterocycles. The molecule has 1 radical (unpaired) electrons. The van der Waals surface area contributed by atoms with Gasteiger partial charge >= 0.3 is 33.9 Å². The molecule has 5 rings (SSSR count). The quantitative estimate of drug-likeness (QED) is 0.113. The fourth-order valence-corrected chi connectivity index (χ4v) is 7.59. The van der Waals surface area contributed by atoms with Crippen molar-refractivity contribution in [2.75, 3.05) is 51.3 Å². The number of benzene rings is 4. The van der Waals surface area contributed by atoms with E-state index in [4.69, 9.17) is 18.7 Å². The Bertz CT molecular complexity index is 1450. The van der Waals surface area contributed by atoms with Gasteiger partial charge in [0.25, 0.3) is 5.91 Å². The maximum atomic E-state index is 13.4. The van der Waals surface area contributed by atoms with Crippen molar-refractivity contribution in [3.63, 3.8) is 0 Å². The number of amides is 1. The Morgan fingerprint density at radius 1 is 0.745 bits per heavy atom. The Balaban J connectivity index is 0.00000250. The molecule has 4 aromatic rings. The second-order valence-electron chi connectivity index (χ2n) is 9.63. The third-order valence-corrected chi connectivity index (χ3v) is 9.65. The van der Waals surface area contributed by atoms with Gasteiger partial charge in [-0.2, -0.15) is 0 Å². The number of nitrogens with one attached hydrogen (secondary N) is 1. The second-order valence-corrected chi connectivity index (χ2v) is 11.8. The molecule has 4 aromatic carbocycles. The number of para-hydroxylation sites is 2. The Morgan fingerprint density at radius 2 is 1.23 bits per heavy atom. The van der Waals surface area contributed by atoms with Crippen molar-refractivity contribution in [1.29, 1.82) is 0 Å². The molecule has 0 saturated carbocycles. The number of halogens is 1. The van der Waals surface area contributed by atoms with Gasteiger partial charge in [-0.3, -0.25) is 9.69 Å². The van der Waals surface area contributed by atoms with Crippen molar-refractivity contribution < 1.29 is 60.6 Å². The topological polar surface area (TPSA) is 105 Å². The van der Waals surface area contributed by atoms with Gasteiger partial charge < -0.3 is 31.9 Å². The molecule has 245 valence electrons. The minimum absolute atomic E-state index is 0. The molecule has 1 saturated heterocycles. The molecule has 1 heterocycles. The van der Waals surface area contributed by atoms with Crippen LogP contribution < -0.4 is 47.8 Å². The van der Waals surface area contributed by atoms with Crippen LogP contribution in [-0.2, 0) is 34.1 Å². The fourth-order valence-electron chi connectivity index (χ4n) is 5.15. The Labute approximate surface area is 302 Å². The van der Waals surface area contributed by atoms with Crippen molar-refractivity contribution in [3.05, 3.63) is 135 Å². The Morgan fingerprint density at radius 3 is 1.79 bits per heavy atom. The molecule has 11 heteroatoms. The standard InChI is InChI=1S/C33H36N3O2P.3CO.BrH.Tc/c1-38-31-19-10-9-18-30(31)36-25-23-35(24-26-36)22-12-21-34-33(37)29-17-8-11-20-32(29)39(27-13-4-2-5-14-27)28-15-6-3-7-16-28;3*1-2;;/h2-11,13-20H,12,21-26H2,1H3,(H,34,37);;;;1H;/p-1/i;;;;;1+1. The molecule has 0 aliphatic carbocycles. The average Bonchev–Trinajstić information content (AvgIpc) is 3.14. The van der Waals surface area contributed by atoms with E-state index < -0.39 is 7.92 Å². The molecule has 1 amide bonds. The number of hydrogen-bond acceptors (Lipinski definition) is 4. The summed E-state index contributed by atoms with van der Waals surface area (Å²) in [7, 11) is 0.890. The first-order valence-electron chi connectivity index (χ1n) is 14.2. The number of carbonyl (C=O) groups is 1. The first kappa shape index (κ1) is 43.7. The molecular weight excluding hydrogens is 764 g/mol. The molecule has 47 heavy (non-hydrogen) atoms. The number of rotatable bonds is 10. The third-order valence-electron chi connectivity index (χ3n) is 7.15. The van der Waals surface area contributed by atoms with E-state index in [-0.39, 0.29) is 43.0 Å². The fraction of sp³-hybridized carbons (Fsp3) is 0.222. The Kier molecular flexibility index (Phi) is 23.9. The normalized spacial score (nSPS) is 11.6. The first-order chi connectivity index (χ1) is 22.2. The number of carbonyl (C=O) groups excluding carboxylic acids is 1. The second kappa shape index (κ2) is 25.7. The molecule has 1 N–H and O–H groups in total. The summed E-state index contributed by atoms with van der Waals surface area (Å²) < 4.78 is 28.0. The van der Waals surface area contributed by atoms with Crippen molar-refractivity contribution in [1.82, 2.24) is 10.2 Å². The summed E-state index contributed by atoms with van der Waals surface area (Å²) in [6.07, 6.45) is 0.925. The molecule has 0 unspecified atom stereocenters. The summed E-state index contributed by atoms with van der Waals surface area (Å²) in [5.74, 6) is 0.933. The van der Waals surface area contributed by atoms with Crippen LogP contribution in [0.1, 0.15) is 16.8 Å². The van der Waals surface area contributed by atoms with Gasteiger partial charge in [0.1, 0.15) is 5.75 Å². The minimum atomic E-state index is -0.838. The van der Waals surface area contributed by atoms with Gasteiger partial charge in [0.05, 0.1) is 12.8 Å². The summed E-state index contributed by atoms with van der Waals surface area (Å²) in [6, 6.07) is 37.4. The van der Waals surface area contributed by atoms with Crippen LogP contribution in [0.2, 0.25) is 0 Å². The van der Waals surface area contributed by atoms with Crippen molar-refractivity contribution in [3.8, 4) is 5.75 Å². The van der Waals surface area contributed by atoms with Gasteiger partial charge in [0.2, 0.25) is 0 Å². The number of methoxy groups -OCH3 is 1. The van der Waals surface area contributed by atoms with E-state index in [0.717, 1.165) is 61.4 Å². The van der Waals surface area contributed by atoms with Gasteiger partial charge in [-0.15, -0.1) is 0 Å². The van der Waals surface area contributed by atoms with Gasteiger partial charge in [0.15, 0.2) is 0 Å². The van der Waals surface area contributed by atoms with Gasteiger partial charge in [-0.05, 0) is 55.0 Å². The average molecular weight is 800 g/mol. The van der Waals surface area contributed by atoms with Crippen molar-refractivity contribution >= 4 is 35.4 Å². The monoisotopic (exact) mass is 799 g/mol. The van der Waals surface area contributed by atoms with Gasteiger partial charge in [-0.1, -0.05) is 91.0 Å². The number of anilines is 1. The van der Waals surface area contributed by atoms with Crippen LogP contribution in [0, 0.1) is 20.0 Å². The predicted molar refractivity (Wildman–Crippen MR) is 176 cm³/mol. The van der Waals surface area contributed by atoms with E-state index in [0.29, 0.717) is 6.54 Å². The van der Waals surface area contributed by atoms with Gasteiger partial charge in [0, 0.05) is 58.4 Å². The number of piperazine rings is 1. The number of nitrogens with zero attached hydrogens (tertiary/aromatic N) is 2. The van der Waals surface area contributed by atoms with Gasteiger partial charge in [-0.25, -0.2) is 0 Å². The number of hydrogen-bond donors (Lipinski definition) is 1. The third kappa shape index (κ3) is 13.0. The van der Waals surface area contributed by atoms with E-state index in [1.54, 1.807) is 7.11 Å². The van der Waals surface area contributed by atoms with E-state index in [1.165, 1.54) is 10.6 Å². The summed E-state index contributed by atoms with van der Waals surface area (Å²) in [6.45, 7) is 19.1. The predicted octanol–water partition coefficient (Wildman–Crippen LogP) is 1.28. The molecule has 0 atom stereocenters. The summed E-state index contributed by atoms with van der Waals surface area (Å²) in [5.41, 5.74) is 1.93. The number of ether oxygens (including phenoxy) is 1. The SMILES string of the molecule is COc1ccccc1N1CCN(CCCNC(=O)c2ccccc2P(c2ccccc2)c2ccccc2)CC1.[99Tc].[Br-].[C-]#[O+].[C-]#[O+].[C-]#[O+]. The summed E-state index contributed by atoms with van der Waals surface area (Å²) in [4.78, 5) is 18.3. The maximum absolute atomic E-state index is 13.4. The molecule has 0 bridgehead atoms. The zero-order valence-electron chi connectivity index (χ0n) is 26.0. The molecule has 0 spiro atoms. The van der Waals surface area contributed by atoms with E-state index in [9.17, 15) is 4.79 Å². The van der Waals surface area contributed by atoms with Crippen molar-refractivity contribution in [2.24, 2.45) is 0 Å². The molecule has 1 fully saturated rings. The van der Waals surface area contributed by atoms with E-state index >= 15 is 0 Å². The van der Waals surface area contributed by atoms with Crippen LogP contribution in [-0.4, -0.2) is 57.2 Å². The van der Waals surface area contributed by atoms with E-state index in [1.807, 2.05) is 42.5 Å². The van der Waals surface area contributed by atoms with Crippen LogP contribution in [0.25, 0.3) is 0 Å². The molecule has 8 nitrogen and oxygen atoms in total. The Hall–Kier alpha value is -3.31. The van der Waals surface area contributed by atoms with Crippen LogP contribution in [0.3, 0.4) is 0 Å². The van der Waals surface area contributed by atoms with E-state index in [2.05, 4.69) is 102 Å². The van der Waals surface area contributed by atoms with Crippen LogP contribution >= 0.6 is 7.92 Å². The molecular formula is C36H36BrN3O5PTc-. The van der Waals surface area contributed by atoms with Crippen molar-refractivity contribution in [2.45, 2.75) is 6.42 Å². The van der Waals surface area contributed by atoms with Crippen LogP contribution in [0.4, 0.5) is 5.69 Å². The zero-order chi connectivity index (χ0) is 32.9. The van der Waals surface area contributed by atoms with Crippen LogP contribution in [0.5, 0.6) is 5.75 Å². The van der Waals surface area contributed by atoms with Crippen LogP contribution in [0.15, 0.2) is 109 Å². The zero-order valence-corrected chi connectivity index (χ0v) is 30.3. The first-order valence-corrected chi connectivity index (χ1v) is 15.6. The molecule has 1 aliphatic rings. The summed E-state index contributed by atoms with van der Waals surface area (Å²) >= 11 is 0. The molecule has 0 aromatic heterocycles.